The number of aromatic carboxylic acids is 1. The summed E-state index contributed by atoms with van der Waals surface area (Å²) in [6.07, 6.45) is 0. The van der Waals surface area contributed by atoms with Crippen LogP contribution in [0.25, 0.3) is 0 Å². The van der Waals surface area contributed by atoms with Crippen LogP contribution in [0.3, 0.4) is 0 Å². The van der Waals surface area contributed by atoms with E-state index in [4.69, 9.17) is 10.8 Å². The molecule has 0 aromatic carbocycles. The summed E-state index contributed by atoms with van der Waals surface area (Å²) in [6, 6.07) is 0. The van der Waals surface area contributed by atoms with Crippen molar-refractivity contribution in [2.45, 2.75) is 13.5 Å². The molecule has 0 unspecified atom stereocenters. The zero-order valence-corrected chi connectivity index (χ0v) is 10.5. The molecular weight excluding hydrogens is 274 g/mol. The molecule has 2 aromatic heterocycles. The van der Waals surface area contributed by atoms with Crippen molar-refractivity contribution >= 4 is 29.0 Å². The number of hydrogen-bond donors (Lipinski definition) is 3. The Hall–Kier alpha value is -2.49. The van der Waals surface area contributed by atoms with Gasteiger partial charge in [-0.2, -0.15) is 0 Å². The maximum Gasteiger partial charge on any atom is 0.347 e. The van der Waals surface area contributed by atoms with Gasteiger partial charge in [0, 0.05) is 0 Å². The molecule has 0 aliphatic rings. The van der Waals surface area contributed by atoms with Crippen molar-refractivity contribution in [1.82, 2.24) is 20.6 Å². The number of rotatable bonds is 4. The van der Waals surface area contributed by atoms with Crippen molar-refractivity contribution in [2.24, 2.45) is 0 Å². The van der Waals surface area contributed by atoms with E-state index in [1.807, 2.05) is 0 Å². The summed E-state index contributed by atoms with van der Waals surface area (Å²) in [5.74, 6) is -1.72. The quantitative estimate of drug-likeness (QED) is 0.713. The molecule has 2 rings (SSSR count). The summed E-state index contributed by atoms with van der Waals surface area (Å²) < 4.78 is 4.30. The molecule has 4 N–H and O–H groups in total. The summed E-state index contributed by atoms with van der Waals surface area (Å²) >= 11 is 0.995. The van der Waals surface area contributed by atoms with Gasteiger partial charge < -0.3 is 16.2 Å². The van der Waals surface area contributed by atoms with Gasteiger partial charge in [0.2, 0.25) is 11.5 Å². The molecule has 0 atom stereocenters. The number of nitrogens with one attached hydrogen (secondary N) is 1. The molecule has 10 heteroatoms. The van der Waals surface area contributed by atoms with Crippen molar-refractivity contribution in [2.75, 3.05) is 5.73 Å². The van der Waals surface area contributed by atoms with E-state index in [-0.39, 0.29) is 22.9 Å². The summed E-state index contributed by atoms with van der Waals surface area (Å²) in [6.45, 7) is 1.66. The molecule has 9 nitrogen and oxygen atoms in total. The monoisotopic (exact) mass is 283 g/mol. The fourth-order valence-corrected chi connectivity index (χ4v) is 2.16. The predicted octanol–water partition coefficient (Wildman–Crippen LogP) is 0.0449. The van der Waals surface area contributed by atoms with Gasteiger partial charge in [-0.15, -0.1) is 11.3 Å². The van der Waals surface area contributed by atoms with Crippen LogP contribution in [0.2, 0.25) is 0 Å². The van der Waals surface area contributed by atoms with E-state index in [1.54, 1.807) is 6.92 Å². The summed E-state index contributed by atoms with van der Waals surface area (Å²) in [7, 11) is 0. The number of carbonyl (C=O) groups excluding carboxylic acids is 1. The van der Waals surface area contributed by atoms with Gasteiger partial charge in [-0.1, -0.05) is 0 Å². The molecule has 0 bridgehead atoms. The minimum atomic E-state index is -1.04. The fourth-order valence-electron chi connectivity index (χ4n) is 1.32. The minimum absolute atomic E-state index is 0.0733. The van der Waals surface area contributed by atoms with Crippen LogP contribution in [0, 0.1) is 6.92 Å². The van der Waals surface area contributed by atoms with Crippen LogP contribution in [-0.2, 0) is 6.54 Å². The zero-order valence-electron chi connectivity index (χ0n) is 9.71. The highest BCUT2D eigenvalue weighted by atomic mass is 32.1. The Bertz CT molecular complexity index is 634. The topological polar surface area (TPSA) is 144 Å². The number of nitrogen functional groups attached to an aromatic ring is 1. The Balaban J connectivity index is 2.03. The van der Waals surface area contributed by atoms with Crippen LogP contribution in [0.1, 0.15) is 30.9 Å². The van der Waals surface area contributed by atoms with Crippen LogP contribution in [0.4, 0.5) is 5.82 Å². The van der Waals surface area contributed by atoms with Crippen molar-refractivity contribution in [3.63, 3.8) is 0 Å². The Morgan fingerprint density at radius 1 is 1.47 bits per heavy atom. The normalized spacial score (nSPS) is 10.4. The maximum atomic E-state index is 11.6. The number of nitrogens with zero attached hydrogens (tertiary/aromatic N) is 3. The first-order valence-corrected chi connectivity index (χ1v) is 5.86. The van der Waals surface area contributed by atoms with Gasteiger partial charge in [0.25, 0.3) is 5.91 Å². The third-order valence-electron chi connectivity index (χ3n) is 2.16. The molecule has 2 aromatic rings. The smallest absolute Gasteiger partial charge is 0.347 e. The van der Waals surface area contributed by atoms with Crippen LogP contribution in [-0.4, -0.2) is 32.3 Å². The molecule has 0 saturated heterocycles. The zero-order chi connectivity index (χ0) is 14.0. The molecule has 0 aliphatic carbocycles. The molecule has 19 heavy (non-hydrogen) atoms. The van der Waals surface area contributed by atoms with E-state index >= 15 is 0 Å². The lowest BCUT2D eigenvalue weighted by atomic mass is 10.4. The molecule has 0 aliphatic heterocycles. The number of carboxylic acid groups (broad SMARTS) is 1. The molecule has 0 radical (unpaired) electrons. The highest BCUT2D eigenvalue weighted by Gasteiger charge is 2.18. The molecule has 0 spiro atoms. The summed E-state index contributed by atoms with van der Waals surface area (Å²) in [5.41, 5.74) is 5.65. The Labute approximate surface area is 110 Å². The number of aryl methyl sites for hydroxylation is 1. The van der Waals surface area contributed by atoms with Crippen molar-refractivity contribution < 1.29 is 19.3 Å². The van der Waals surface area contributed by atoms with E-state index in [2.05, 4.69) is 25.2 Å². The SMILES string of the molecule is Cc1nc(CNC(=O)c2nonc2N)sc1C(=O)O. The van der Waals surface area contributed by atoms with Gasteiger partial charge in [0.1, 0.15) is 9.88 Å². The lowest BCUT2D eigenvalue weighted by Crippen LogP contribution is -2.24. The predicted molar refractivity (Wildman–Crippen MR) is 63.7 cm³/mol. The molecular formula is C9H9N5O4S. The molecule has 1 amide bonds. The minimum Gasteiger partial charge on any atom is -0.477 e. The van der Waals surface area contributed by atoms with Crippen LogP contribution >= 0.6 is 11.3 Å². The molecule has 2 heterocycles. The maximum absolute atomic E-state index is 11.6. The van der Waals surface area contributed by atoms with Gasteiger partial charge in [-0.3, -0.25) is 4.79 Å². The van der Waals surface area contributed by atoms with E-state index in [9.17, 15) is 9.59 Å². The highest BCUT2D eigenvalue weighted by Crippen LogP contribution is 2.17. The summed E-state index contributed by atoms with van der Waals surface area (Å²) in [4.78, 5) is 26.7. The Morgan fingerprint density at radius 2 is 2.21 bits per heavy atom. The first-order valence-electron chi connectivity index (χ1n) is 5.05. The first kappa shape index (κ1) is 13.0. The van der Waals surface area contributed by atoms with Gasteiger partial charge >= 0.3 is 5.97 Å². The highest BCUT2D eigenvalue weighted by molar-refractivity contribution is 7.13. The van der Waals surface area contributed by atoms with Crippen molar-refractivity contribution in [1.29, 1.82) is 0 Å². The molecule has 100 valence electrons. The Kier molecular flexibility index (Phi) is 3.42. The van der Waals surface area contributed by atoms with E-state index in [0.717, 1.165) is 11.3 Å². The van der Waals surface area contributed by atoms with E-state index < -0.39 is 11.9 Å². The third kappa shape index (κ3) is 2.68. The average Bonchev–Trinajstić information content (AvgIpc) is 2.92. The lowest BCUT2D eigenvalue weighted by molar-refractivity contribution is 0.0701. The first-order chi connectivity index (χ1) is 8.99. The number of anilines is 1. The lowest BCUT2D eigenvalue weighted by Gasteiger charge is -1.98. The van der Waals surface area contributed by atoms with Gasteiger partial charge in [0.15, 0.2) is 0 Å². The van der Waals surface area contributed by atoms with Gasteiger partial charge in [0.05, 0.1) is 12.2 Å². The second-order valence-corrected chi connectivity index (χ2v) is 4.59. The molecule has 0 fully saturated rings. The van der Waals surface area contributed by atoms with Crippen LogP contribution in [0.15, 0.2) is 4.63 Å². The largest absolute Gasteiger partial charge is 0.477 e. The second kappa shape index (κ2) is 5.02. The van der Waals surface area contributed by atoms with Gasteiger partial charge in [-0.05, 0) is 17.2 Å². The number of hydrogen-bond acceptors (Lipinski definition) is 8. The van der Waals surface area contributed by atoms with Gasteiger partial charge in [-0.25, -0.2) is 14.4 Å². The second-order valence-electron chi connectivity index (χ2n) is 3.51. The number of nitrogens with two attached hydrogens (primary N) is 1. The number of thiazole rings is 1. The van der Waals surface area contributed by atoms with Crippen LogP contribution < -0.4 is 11.1 Å². The fraction of sp³-hybridized carbons (Fsp3) is 0.222. The van der Waals surface area contributed by atoms with Crippen LogP contribution in [0.5, 0.6) is 0 Å². The average molecular weight is 283 g/mol. The number of amides is 1. The molecule has 0 saturated carbocycles. The Morgan fingerprint density at radius 3 is 2.74 bits per heavy atom. The number of aromatic nitrogens is 3. The summed E-state index contributed by atoms with van der Waals surface area (Å²) in [5, 5.41) is 18.5. The van der Waals surface area contributed by atoms with E-state index in [0.29, 0.717) is 10.7 Å². The third-order valence-corrected chi connectivity index (χ3v) is 3.31. The standard InChI is InChI=1S/C9H9N5O4S/c1-3-6(9(16)17)19-4(12-3)2-11-8(15)5-7(10)14-18-13-5/h2H2,1H3,(H2,10,14)(H,11,15)(H,16,17). The van der Waals surface area contributed by atoms with Crippen molar-refractivity contribution in [3.8, 4) is 0 Å². The van der Waals surface area contributed by atoms with E-state index in [1.165, 1.54) is 0 Å². The number of carbonyl (C=O) groups is 2. The van der Waals surface area contributed by atoms with Crippen molar-refractivity contribution in [3.05, 3.63) is 21.3 Å². The number of carboxylic acids is 1.